The molecular formula is C21H21ClN2O3S. The molecule has 5 nitrogen and oxygen atoms in total. The van der Waals surface area contributed by atoms with E-state index in [2.05, 4.69) is 13.8 Å². The Kier molecular flexibility index (Phi) is 6.42. The SMILES string of the molecule is COC(=O)c1ccc(CSc2nc3cc(Cl)ccc3c(=O)n2CC(C)C)cc1. The number of benzene rings is 2. The van der Waals surface area contributed by atoms with Gasteiger partial charge in [0.2, 0.25) is 0 Å². The minimum Gasteiger partial charge on any atom is -0.465 e. The van der Waals surface area contributed by atoms with Crippen LogP contribution in [0.1, 0.15) is 29.8 Å². The monoisotopic (exact) mass is 416 g/mol. The van der Waals surface area contributed by atoms with Crippen LogP contribution in [0.25, 0.3) is 10.9 Å². The fourth-order valence-electron chi connectivity index (χ4n) is 2.81. The number of rotatable bonds is 6. The standard InChI is InChI=1S/C21H21ClN2O3S/c1-13(2)11-24-19(25)17-9-8-16(22)10-18(17)23-21(24)28-12-14-4-6-15(7-5-14)20(26)27-3/h4-10,13H,11-12H2,1-3H3. The highest BCUT2D eigenvalue weighted by molar-refractivity contribution is 7.98. The Balaban J connectivity index is 1.92. The van der Waals surface area contributed by atoms with Crippen LogP contribution in [0.15, 0.2) is 52.4 Å². The highest BCUT2D eigenvalue weighted by atomic mass is 35.5. The summed E-state index contributed by atoms with van der Waals surface area (Å²) in [5, 5.41) is 1.78. The Morgan fingerprint density at radius 2 is 1.93 bits per heavy atom. The van der Waals surface area contributed by atoms with Gasteiger partial charge in [-0.2, -0.15) is 0 Å². The molecule has 0 spiro atoms. The van der Waals surface area contributed by atoms with E-state index in [-0.39, 0.29) is 11.5 Å². The Morgan fingerprint density at radius 1 is 1.21 bits per heavy atom. The van der Waals surface area contributed by atoms with Gasteiger partial charge in [-0.05, 0) is 41.8 Å². The van der Waals surface area contributed by atoms with Gasteiger partial charge in [0.1, 0.15) is 0 Å². The van der Waals surface area contributed by atoms with Crippen molar-refractivity contribution in [3.63, 3.8) is 0 Å². The van der Waals surface area contributed by atoms with Gasteiger partial charge in [0.25, 0.3) is 5.56 Å². The quantitative estimate of drug-likeness (QED) is 0.328. The second-order valence-corrected chi connectivity index (χ2v) is 8.22. The van der Waals surface area contributed by atoms with E-state index in [0.717, 1.165) is 5.56 Å². The molecule has 146 valence electrons. The molecule has 0 amide bonds. The molecule has 0 N–H and O–H groups in total. The van der Waals surface area contributed by atoms with Gasteiger partial charge in [-0.3, -0.25) is 9.36 Å². The highest BCUT2D eigenvalue weighted by Gasteiger charge is 2.14. The zero-order chi connectivity index (χ0) is 20.3. The van der Waals surface area contributed by atoms with E-state index in [9.17, 15) is 9.59 Å². The fraction of sp³-hybridized carbons (Fsp3) is 0.286. The van der Waals surface area contributed by atoms with Crippen LogP contribution in [0.2, 0.25) is 5.02 Å². The molecule has 0 radical (unpaired) electrons. The number of halogens is 1. The number of fused-ring (bicyclic) bond motifs is 1. The van der Waals surface area contributed by atoms with Gasteiger partial charge in [0.15, 0.2) is 5.16 Å². The molecule has 7 heteroatoms. The molecule has 0 fully saturated rings. The van der Waals surface area contributed by atoms with E-state index < -0.39 is 0 Å². The van der Waals surface area contributed by atoms with Gasteiger partial charge < -0.3 is 4.74 Å². The number of hydrogen-bond donors (Lipinski definition) is 0. The van der Waals surface area contributed by atoms with Crippen molar-refractivity contribution in [2.24, 2.45) is 5.92 Å². The summed E-state index contributed by atoms with van der Waals surface area (Å²) >= 11 is 7.57. The summed E-state index contributed by atoms with van der Waals surface area (Å²) < 4.78 is 6.45. The largest absolute Gasteiger partial charge is 0.465 e. The second-order valence-electron chi connectivity index (χ2n) is 6.84. The smallest absolute Gasteiger partial charge is 0.337 e. The maximum Gasteiger partial charge on any atom is 0.337 e. The van der Waals surface area contributed by atoms with E-state index in [1.54, 1.807) is 34.9 Å². The van der Waals surface area contributed by atoms with Gasteiger partial charge in [0, 0.05) is 17.3 Å². The molecule has 2 aromatic carbocycles. The highest BCUT2D eigenvalue weighted by Crippen LogP contribution is 2.24. The fourth-order valence-corrected chi connectivity index (χ4v) is 3.94. The molecule has 0 saturated carbocycles. The minimum absolute atomic E-state index is 0.0566. The first-order valence-corrected chi connectivity index (χ1v) is 10.3. The number of nitrogens with zero attached hydrogens (tertiary/aromatic N) is 2. The van der Waals surface area contributed by atoms with Crippen molar-refractivity contribution in [1.82, 2.24) is 9.55 Å². The molecule has 1 aromatic heterocycles. The molecule has 3 rings (SSSR count). The topological polar surface area (TPSA) is 61.2 Å². The van der Waals surface area contributed by atoms with Crippen molar-refractivity contribution in [2.75, 3.05) is 7.11 Å². The zero-order valence-electron chi connectivity index (χ0n) is 15.9. The summed E-state index contributed by atoms with van der Waals surface area (Å²) in [6, 6.07) is 12.4. The number of thioether (sulfide) groups is 1. The normalized spacial score (nSPS) is 11.2. The molecule has 0 bridgehead atoms. The lowest BCUT2D eigenvalue weighted by Crippen LogP contribution is -2.25. The number of carbonyl (C=O) groups excluding carboxylic acids is 1. The minimum atomic E-state index is -0.363. The molecule has 0 unspecified atom stereocenters. The lowest BCUT2D eigenvalue weighted by molar-refractivity contribution is 0.0600. The van der Waals surface area contributed by atoms with Crippen LogP contribution in [0, 0.1) is 5.92 Å². The van der Waals surface area contributed by atoms with Crippen molar-refractivity contribution < 1.29 is 9.53 Å². The lowest BCUT2D eigenvalue weighted by Gasteiger charge is -2.15. The number of carbonyl (C=O) groups is 1. The molecule has 0 aliphatic heterocycles. The van der Waals surface area contributed by atoms with E-state index >= 15 is 0 Å². The Hall–Kier alpha value is -2.31. The van der Waals surface area contributed by atoms with Crippen molar-refractivity contribution >= 4 is 40.2 Å². The predicted octanol–water partition coefficient (Wildman–Crippen LogP) is 4.78. The van der Waals surface area contributed by atoms with Crippen molar-refractivity contribution in [1.29, 1.82) is 0 Å². The summed E-state index contributed by atoms with van der Waals surface area (Å²) in [6.45, 7) is 4.73. The molecule has 0 aliphatic carbocycles. The second kappa shape index (κ2) is 8.80. The Morgan fingerprint density at radius 3 is 2.57 bits per heavy atom. The molecule has 28 heavy (non-hydrogen) atoms. The van der Waals surface area contributed by atoms with Crippen molar-refractivity contribution in [2.45, 2.75) is 31.3 Å². The third kappa shape index (κ3) is 4.56. The van der Waals surface area contributed by atoms with E-state index in [1.165, 1.54) is 18.9 Å². The predicted molar refractivity (Wildman–Crippen MR) is 113 cm³/mol. The van der Waals surface area contributed by atoms with Crippen LogP contribution in [0.5, 0.6) is 0 Å². The summed E-state index contributed by atoms with van der Waals surface area (Å²) in [5.74, 6) is 0.568. The molecule has 3 aromatic rings. The van der Waals surface area contributed by atoms with Crippen LogP contribution >= 0.6 is 23.4 Å². The number of aromatic nitrogens is 2. The van der Waals surface area contributed by atoms with Crippen molar-refractivity contribution in [3.05, 3.63) is 69.0 Å². The van der Waals surface area contributed by atoms with Crippen LogP contribution in [0.3, 0.4) is 0 Å². The molecule has 0 aliphatic rings. The number of esters is 1. The van der Waals surface area contributed by atoms with Crippen LogP contribution < -0.4 is 5.56 Å². The zero-order valence-corrected chi connectivity index (χ0v) is 17.5. The average molecular weight is 417 g/mol. The molecular weight excluding hydrogens is 396 g/mol. The summed E-state index contributed by atoms with van der Waals surface area (Å²) in [6.07, 6.45) is 0. The third-order valence-electron chi connectivity index (χ3n) is 4.17. The first-order valence-electron chi connectivity index (χ1n) is 8.89. The number of hydrogen-bond acceptors (Lipinski definition) is 5. The first-order chi connectivity index (χ1) is 13.4. The van der Waals surface area contributed by atoms with Gasteiger partial charge in [-0.15, -0.1) is 0 Å². The van der Waals surface area contributed by atoms with E-state index in [1.807, 2.05) is 12.1 Å². The van der Waals surface area contributed by atoms with Crippen LogP contribution in [-0.4, -0.2) is 22.6 Å². The molecule has 0 atom stereocenters. The Bertz CT molecular complexity index is 1060. The lowest BCUT2D eigenvalue weighted by atomic mass is 10.1. The number of ether oxygens (including phenoxy) is 1. The van der Waals surface area contributed by atoms with Crippen molar-refractivity contribution in [3.8, 4) is 0 Å². The third-order valence-corrected chi connectivity index (χ3v) is 5.46. The summed E-state index contributed by atoms with van der Waals surface area (Å²) in [4.78, 5) is 29.2. The van der Waals surface area contributed by atoms with Crippen LogP contribution in [-0.2, 0) is 17.0 Å². The van der Waals surface area contributed by atoms with E-state index in [0.29, 0.717) is 44.9 Å². The molecule has 1 heterocycles. The van der Waals surface area contributed by atoms with Gasteiger partial charge in [0.05, 0.1) is 23.6 Å². The summed E-state index contributed by atoms with van der Waals surface area (Å²) in [7, 11) is 1.36. The van der Waals surface area contributed by atoms with E-state index in [4.69, 9.17) is 21.3 Å². The average Bonchev–Trinajstić information content (AvgIpc) is 2.68. The summed E-state index contributed by atoms with van der Waals surface area (Å²) in [5.41, 5.74) is 2.07. The van der Waals surface area contributed by atoms with Gasteiger partial charge in [-0.1, -0.05) is 49.3 Å². The number of methoxy groups -OCH3 is 1. The van der Waals surface area contributed by atoms with Crippen LogP contribution in [0.4, 0.5) is 0 Å². The van der Waals surface area contributed by atoms with Gasteiger partial charge in [-0.25, -0.2) is 9.78 Å². The van der Waals surface area contributed by atoms with Gasteiger partial charge >= 0.3 is 5.97 Å². The maximum atomic E-state index is 13.0. The maximum absolute atomic E-state index is 13.0. The Labute approximate surface area is 172 Å². The molecule has 0 saturated heterocycles. The first kappa shape index (κ1) is 20.4.